The first kappa shape index (κ1) is 9.51. The fraction of sp³-hybridized carbons (Fsp3) is 1.00. The molecule has 1 spiro atoms. The van der Waals surface area contributed by atoms with Gasteiger partial charge in [-0.05, 0) is 35.5 Å². The van der Waals surface area contributed by atoms with Crippen LogP contribution in [0.25, 0.3) is 0 Å². The Morgan fingerprint density at radius 2 is 1.38 bits per heavy atom. The summed E-state index contributed by atoms with van der Waals surface area (Å²) in [6, 6.07) is 0. The zero-order valence-electron chi connectivity index (χ0n) is 9.48. The summed E-state index contributed by atoms with van der Waals surface area (Å²) in [4.78, 5) is 0. The Kier molecular flexibility index (Phi) is 1.99. The van der Waals surface area contributed by atoms with Crippen LogP contribution in [-0.2, 0) is 0 Å². The third-order valence-electron chi connectivity index (χ3n) is 4.71. The van der Waals surface area contributed by atoms with Crippen LogP contribution in [0.3, 0.4) is 0 Å². The maximum atomic E-state index is 3.42. The van der Waals surface area contributed by atoms with Gasteiger partial charge in [-0.3, -0.25) is 0 Å². The molecule has 0 aromatic heterocycles. The van der Waals surface area contributed by atoms with E-state index in [9.17, 15) is 0 Å². The van der Waals surface area contributed by atoms with E-state index in [1.807, 2.05) is 0 Å². The average molecular weight is 181 g/mol. The van der Waals surface area contributed by atoms with Gasteiger partial charge in [-0.25, -0.2) is 0 Å². The second-order valence-electron chi connectivity index (χ2n) is 6.00. The van der Waals surface area contributed by atoms with Gasteiger partial charge in [-0.2, -0.15) is 0 Å². The van der Waals surface area contributed by atoms with E-state index in [0.717, 1.165) is 17.3 Å². The molecule has 1 heteroatoms. The molecule has 1 saturated carbocycles. The molecule has 0 amide bonds. The van der Waals surface area contributed by atoms with Crippen LogP contribution in [-0.4, -0.2) is 13.1 Å². The van der Waals surface area contributed by atoms with Crippen molar-refractivity contribution < 1.29 is 0 Å². The van der Waals surface area contributed by atoms with Gasteiger partial charge in [0.25, 0.3) is 0 Å². The second-order valence-corrected chi connectivity index (χ2v) is 6.00. The van der Waals surface area contributed by atoms with Crippen LogP contribution in [0.5, 0.6) is 0 Å². The summed E-state index contributed by atoms with van der Waals surface area (Å²) in [5.74, 6) is 1.72. The minimum Gasteiger partial charge on any atom is -0.316 e. The van der Waals surface area contributed by atoms with Crippen molar-refractivity contribution >= 4 is 0 Å². The van der Waals surface area contributed by atoms with Crippen molar-refractivity contribution in [2.24, 2.45) is 22.7 Å². The lowest BCUT2D eigenvalue weighted by Crippen LogP contribution is -2.66. The lowest BCUT2D eigenvalue weighted by atomic mass is 9.43. The van der Waals surface area contributed by atoms with Gasteiger partial charge in [0.15, 0.2) is 0 Å². The normalized spacial score (nSPS) is 29.1. The highest BCUT2D eigenvalue weighted by molar-refractivity contribution is 5.11. The second kappa shape index (κ2) is 2.73. The molecule has 0 aromatic carbocycles. The van der Waals surface area contributed by atoms with Crippen LogP contribution >= 0.6 is 0 Å². The Morgan fingerprint density at radius 1 is 0.923 bits per heavy atom. The number of nitrogens with one attached hydrogen (secondary N) is 1. The molecule has 0 atom stereocenters. The van der Waals surface area contributed by atoms with Crippen molar-refractivity contribution in [3.05, 3.63) is 0 Å². The van der Waals surface area contributed by atoms with E-state index in [-0.39, 0.29) is 0 Å². The van der Waals surface area contributed by atoms with Crippen LogP contribution < -0.4 is 5.32 Å². The summed E-state index contributed by atoms with van der Waals surface area (Å²) in [6.45, 7) is 12.2. The predicted molar refractivity (Wildman–Crippen MR) is 56.6 cm³/mol. The van der Waals surface area contributed by atoms with E-state index in [2.05, 4.69) is 33.0 Å². The number of hydrogen-bond donors (Lipinski definition) is 1. The molecule has 0 bridgehead atoms. The van der Waals surface area contributed by atoms with Crippen LogP contribution in [0.4, 0.5) is 0 Å². The van der Waals surface area contributed by atoms with Crippen molar-refractivity contribution in [3.63, 3.8) is 0 Å². The van der Waals surface area contributed by atoms with Crippen molar-refractivity contribution in [2.75, 3.05) is 13.1 Å². The largest absolute Gasteiger partial charge is 0.316 e. The quantitative estimate of drug-likeness (QED) is 0.690. The molecule has 1 heterocycles. The minimum atomic E-state index is 0.669. The van der Waals surface area contributed by atoms with E-state index in [1.165, 1.54) is 25.9 Å². The summed E-state index contributed by atoms with van der Waals surface area (Å²) in [6.07, 6.45) is 2.95. The molecule has 1 nitrogen and oxygen atoms in total. The highest BCUT2D eigenvalue weighted by atomic mass is 15.0. The molecule has 1 saturated heterocycles. The Morgan fingerprint density at radius 3 is 1.62 bits per heavy atom. The zero-order chi connectivity index (χ0) is 9.69. The van der Waals surface area contributed by atoms with Gasteiger partial charge in [0.05, 0.1) is 0 Å². The third kappa shape index (κ3) is 1.16. The standard InChI is InChI=1S/C12H23N/c1-9(2)12(10(3)4)5-11(6-12)7-13-8-11/h9-10,13H,5-8H2,1-4H3. The highest BCUT2D eigenvalue weighted by Gasteiger charge is 2.59. The molecule has 2 aliphatic rings. The van der Waals surface area contributed by atoms with E-state index in [0.29, 0.717) is 5.41 Å². The van der Waals surface area contributed by atoms with Crippen molar-refractivity contribution in [2.45, 2.75) is 40.5 Å². The Hall–Kier alpha value is -0.0400. The fourth-order valence-electron chi connectivity index (χ4n) is 3.56. The summed E-state index contributed by atoms with van der Waals surface area (Å²) in [7, 11) is 0. The Labute approximate surface area is 82.3 Å². The van der Waals surface area contributed by atoms with Gasteiger partial charge in [0.2, 0.25) is 0 Å². The van der Waals surface area contributed by atoms with Crippen LogP contribution in [0, 0.1) is 22.7 Å². The molecular formula is C12H23N. The number of hydrogen-bond acceptors (Lipinski definition) is 1. The van der Waals surface area contributed by atoms with E-state index < -0.39 is 0 Å². The minimum absolute atomic E-state index is 0.669. The molecule has 0 radical (unpaired) electrons. The molecule has 1 aliphatic carbocycles. The first-order valence-electron chi connectivity index (χ1n) is 5.72. The molecule has 1 N–H and O–H groups in total. The summed E-state index contributed by atoms with van der Waals surface area (Å²) >= 11 is 0. The summed E-state index contributed by atoms with van der Waals surface area (Å²) in [5.41, 5.74) is 1.40. The van der Waals surface area contributed by atoms with Crippen LogP contribution in [0.15, 0.2) is 0 Å². The highest BCUT2D eigenvalue weighted by Crippen LogP contribution is 2.63. The van der Waals surface area contributed by atoms with Gasteiger partial charge in [0, 0.05) is 13.1 Å². The SMILES string of the molecule is CC(C)C1(C(C)C)CC2(CNC2)C1. The van der Waals surface area contributed by atoms with Crippen molar-refractivity contribution in [1.82, 2.24) is 5.32 Å². The fourth-order valence-corrected chi connectivity index (χ4v) is 3.56. The van der Waals surface area contributed by atoms with Gasteiger partial charge >= 0.3 is 0 Å². The monoisotopic (exact) mass is 181 g/mol. The maximum Gasteiger partial charge on any atom is 0.00206 e. The van der Waals surface area contributed by atoms with Crippen molar-refractivity contribution in [1.29, 1.82) is 0 Å². The zero-order valence-corrected chi connectivity index (χ0v) is 9.48. The molecule has 2 fully saturated rings. The maximum absolute atomic E-state index is 3.42. The summed E-state index contributed by atoms with van der Waals surface area (Å²) < 4.78 is 0. The van der Waals surface area contributed by atoms with E-state index in [1.54, 1.807) is 0 Å². The van der Waals surface area contributed by atoms with Crippen molar-refractivity contribution in [3.8, 4) is 0 Å². The van der Waals surface area contributed by atoms with Gasteiger partial charge in [-0.15, -0.1) is 0 Å². The van der Waals surface area contributed by atoms with Gasteiger partial charge in [0.1, 0.15) is 0 Å². The average Bonchev–Trinajstić information content (AvgIpc) is 1.78. The smallest absolute Gasteiger partial charge is 0.00206 e. The van der Waals surface area contributed by atoms with Gasteiger partial charge in [-0.1, -0.05) is 27.7 Å². The topological polar surface area (TPSA) is 12.0 Å². The third-order valence-corrected chi connectivity index (χ3v) is 4.71. The van der Waals surface area contributed by atoms with Crippen LogP contribution in [0.1, 0.15) is 40.5 Å². The Balaban J connectivity index is 2.04. The molecule has 13 heavy (non-hydrogen) atoms. The molecule has 0 aromatic rings. The summed E-state index contributed by atoms with van der Waals surface area (Å²) in [5, 5.41) is 3.42. The molecule has 0 unspecified atom stereocenters. The molecule has 2 rings (SSSR count). The first-order valence-corrected chi connectivity index (χ1v) is 5.72. The predicted octanol–water partition coefficient (Wildman–Crippen LogP) is 2.67. The number of rotatable bonds is 2. The molecule has 1 aliphatic heterocycles. The van der Waals surface area contributed by atoms with E-state index >= 15 is 0 Å². The van der Waals surface area contributed by atoms with Gasteiger partial charge < -0.3 is 5.32 Å². The Bertz CT molecular complexity index is 183. The molecular weight excluding hydrogens is 158 g/mol. The lowest BCUT2D eigenvalue weighted by Gasteiger charge is -2.65. The molecule has 76 valence electrons. The first-order chi connectivity index (χ1) is 6.01. The van der Waals surface area contributed by atoms with E-state index in [4.69, 9.17) is 0 Å². The lowest BCUT2D eigenvalue weighted by molar-refractivity contribution is -0.132. The van der Waals surface area contributed by atoms with Crippen LogP contribution in [0.2, 0.25) is 0 Å².